The zero-order valence-electron chi connectivity index (χ0n) is 11.8. The van der Waals surface area contributed by atoms with Crippen LogP contribution in [0.15, 0.2) is 29.6 Å². The molecule has 1 N–H and O–H groups in total. The maximum Gasteiger partial charge on any atom is 0.261 e. The average molecular weight is 303 g/mol. The molecule has 5 heteroatoms. The van der Waals surface area contributed by atoms with Crippen molar-refractivity contribution < 1.29 is 14.3 Å². The summed E-state index contributed by atoms with van der Waals surface area (Å²) in [5.41, 5.74) is 2.01. The normalized spacial score (nSPS) is 13.6. The summed E-state index contributed by atoms with van der Waals surface area (Å²) in [6, 6.07) is 7.74. The number of thiophene rings is 1. The molecule has 1 aliphatic rings. The van der Waals surface area contributed by atoms with E-state index in [0.29, 0.717) is 19.8 Å². The molecule has 4 nitrogen and oxygen atoms in total. The van der Waals surface area contributed by atoms with Gasteiger partial charge in [0.05, 0.1) is 18.1 Å². The Labute approximate surface area is 127 Å². The largest absolute Gasteiger partial charge is 0.490 e. The van der Waals surface area contributed by atoms with E-state index in [0.717, 1.165) is 33.9 Å². The Morgan fingerprint density at radius 3 is 2.81 bits per heavy atom. The first-order valence-electron chi connectivity index (χ1n) is 6.95. The van der Waals surface area contributed by atoms with E-state index < -0.39 is 0 Å². The average Bonchev–Trinajstić information content (AvgIpc) is 2.79. The van der Waals surface area contributed by atoms with E-state index >= 15 is 0 Å². The van der Waals surface area contributed by atoms with Crippen LogP contribution in [0.4, 0.5) is 0 Å². The third-order valence-corrected chi connectivity index (χ3v) is 4.35. The fraction of sp³-hybridized carbons (Fsp3) is 0.312. The third kappa shape index (κ3) is 3.19. The number of hydrogen-bond acceptors (Lipinski definition) is 4. The Morgan fingerprint density at radius 2 is 2.05 bits per heavy atom. The van der Waals surface area contributed by atoms with Gasteiger partial charge in [-0.05, 0) is 41.6 Å². The summed E-state index contributed by atoms with van der Waals surface area (Å²) in [7, 11) is 0. The molecule has 2 heterocycles. The minimum Gasteiger partial charge on any atom is -0.490 e. The summed E-state index contributed by atoms with van der Waals surface area (Å²) in [5, 5.41) is 4.87. The number of carbonyl (C=O) groups is 1. The van der Waals surface area contributed by atoms with Crippen LogP contribution in [0.2, 0.25) is 0 Å². The van der Waals surface area contributed by atoms with Gasteiger partial charge in [-0.25, -0.2) is 0 Å². The topological polar surface area (TPSA) is 47.6 Å². The molecule has 3 rings (SSSR count). The molecule has 0 radical (unpaired) electrons. The van der Waals surface area contributed by atoms with Gasteiger partial charge in [0.2, 0.25) is 0 Å². The van der Waals surface area contributed by atoms with Crippen molar-refractivity contribution in [1.82, 2.24) is 5.32 Å². The molecular weight excluding hydrogens is 286 g/mol. The number of ether oxygens (including phenoxy) is 2. The van der Waals surface area contributed by atoms with Crippen molar-refractivity contribution in [2.75, 3.05) is 13.2 Å². The molecule has 0 atom stereocenters. The highest BCUT2D eigenvalue weighted by Crippen LogP contribution is 2.30. The van der Waals surface area contributed by atoms with Crippen LogP contribution in [0.1, 0.15) is 27.2 Å². The van der Waals surface area contributed by atoms with E-state index in [-0.39, 0.29) is 5.91 Å². The Bertz CT molecular complexity index is 651. The molecular formula is C16H17NO3S. The summed E-state index contributed by atoms with van der Waals surface area (Å²) in [5.74, 6) is 1.50. The number of rotatable bonds is 3. The fourth-order valence-electron chi connectivity index (χ4n) is 2.19. The number of hydrogen-bond donors (Lipinski definition) is 1. The Morgan fingerprint density at radius 1 is 1.24 bits per heavy atom. The molecule has 21 heavy (non-hydrogen) atoms. The van der Waals surface area contributed by atoms with E-state index in [1.807, 2.05) is 36.6 Å². The summed E-state index contributed by atoms with van der Waals surface area (Å²) < 4.78 is 11.2. The first-order valence-corrected chi connectivity index (χ1v) is 7.83. The monoisotopic (exact) mass is 303 g/mol. The van der Waals surface area contributed by atoms with Crippen molar-refractivity contribution in [3.8, 4) is 11.5 Å². The molecule has 2 aromatic rings. The van der Waals surface area contributed by atoms with E-state index in [2.05, 4.69) is 5.32 Å². The third-order valence-electron chi connectivity index (χ3n) is 3.33. The first kappa shape index (κ1) is 13.9. The predicted octanol–water partition coefficient (Wildman–Crippen LogP) is 3.15. The lowest BCUT2D eigenvalue weighted by Gasteiger charge is -2.10. The van der Waals surface area contributed by atoms with Crippen molar-refractivity contribution in [2.24, 2.45) is 0 Å². The standard InChI is InChI=1S/C16H17NO3S/c1-11-5-8-21-15(11)16(18)17-10-12-3-4-13-14(9-12)20-7-2-6-19-13/h3-5,8-9H,2,6-7,10H2,1H3,(H,17,18). The molecule has 0 saturated carbocycles. The highest BCUT2D eigenvalue weighted by atomic mass is 32.1. The minimum atomic E-state index is -0.0328. The molecule has 0 bridgehead atoms. The van der Waals surface area contributed by atoms with Crippen molar-refractivity contribution in [2.45, 2.75) is 19.9 Å². The lowest BCUT2D eigenvalue weighted by molar-refractivity contribution is 0.0954. The highest BCUT2D eigenvalue weighted by Gasteiger charge is 2.12. The molecule has 1 amide bonds. The van der Waals surface area contributed by atoms with Crippen molar-refractivity contribution in [3.63, 3.8) is 0 Å². The summed E-state index contributed by atoms with van der Waals surface area (Å²) in [6.45, 7) is 3.77. The molecule has 0 aliphatic carbocycles. The number of nitrogens with one attached hydrogen (secondary N) is 1. The Balaban J connectivity index is 1.67. The van der Waals surface area contributed by atoms with Crippen LogP contribution in [0.5, 0.6) is 11.5 Å². The number of amides is 1. The maximum atomic E-state index is 12.1. The lowest BCUT2D eigenvalue weighted by Crippen LogP contribution is -2.22. The van der Waals surface area contributed by atoms with Crippen molar-refractivity contribution in [3.05, 3.63) is 45.6 Å². The first-order chi connectivity index (χ1) is 10.2. The number of fused-ring (bicyclic) bond motifs is 1. The van der Waals surface area contributed by atoms with Gasteiger partial charge in [0.25, 0.3) is 5.91 Å². The van der Waals surface area contributed by atoms with Gasteiger partial charge < -0.3 is 14.8 Å². The number of aryl methyl sites for hydroxylation is 1. The van der Waals surface area contributed by atoms with Gasteiger partial charge in [0, 0.05) is 13.0 Å². The van der Waals surface area contributed by atoms with E-state index in [9.17, 15) is 4.79 Å². The van der Waals surface area contributed by atoms with E-state index in [1.165, 1.54) is 11.3 Å². The predicted molar refractivity (Wildman–Crippen MR) is 82.3 cm³/mol. The second-order valence-electron chi connectivity index (χ2n) is 4.95. The highest BCUT2D eigenvalue weighted by molar-refractivity contribution is 7.12. The van der Waals surface area contributed by atoms with E-state index in [4.69, 9.17) is 9.47 Å². The van der Waals surface area contributed by atoms with Gasteiger partial charge in [0.15, 0.2) is 11.5 Å². The van der Waals surface area contributed by atoms with Crippen molar-refractivity contribution in [1.29, 1.82) is 0 Å². The van der Waals surface area contributed by atoms with Crippen molar-refractivity contribution >= 4 is 17.2 Å². The molecule has 0 spiro atoms. The van der Waals surface area contributed by atoms with Gasteiger partial charge in [-0.15, -0.1) is 11.3 Å². The van der Waals surface area contributed by atoms with Crippen LogP contribution in [0.25, 0.3) is 0 Å². The molecule has 0 saturated heterocycles. The Kier molecular flexibility index (Phi) is 4.10. The second kappa shape index (κ2) is 6.18. The Hall–Kier alpha value is -2.01. The summed E-state index contributed by atoms with van der Waals surface area (Å²) >= 11 is 1.46. The van der Waals surface area contributed by atoms with Gasteiger partial charge in [-0.2, -0.15) is 0 Å². The van der Waals surface area contributed by atoms with Crippen LogP contribution < -0.4 is 14.8 Å². The van der Waals surface area contributed by atoms with Crippen LogP contribution in [0.3, 0.4) is 0 Å². The number of carbonyl (C=O) groups excluding carboxylic acids is 1. The molecule has 110 valence electrons. The smallest absolute Gasteiger partial charge is 0.261 e. The quantitative estimate of drug-likeness (QED) is 0.947. The summed E-state index contributed by atoms with van der Waals surface area (Å²) in [6.07, 6.45) is 0.887. The molecule has 1 aromatic heterocycles. The van der Waals surface area contributed by atoms with E-state index in [1.54, 1.807) is 0 Å². The van der Waals surface area contributed by atoms with Crippen LogP contribution in [-0.2, 0) is 6.54 Å². The van der Waals surface area contributed by atoms with Gasteiger partial charge in [-0.3, -0.25) is 4.79 Å². The zero-order chi connectivity index (χ0) is 14.7. The van der Waals surface area contributed by atoms with Crippen LogP contribution in [0, 0.1) is 6.92 Å². The van der Waals surface area contributed by atoms with Crippen LogP contribution >= 0.6 is 11.3 Å². The minimum absolute atomic E-state index is 0.0328. The molecule has 0 unspecified atom stereocenters. The molecule has 1 aromatic carbocycles. The SMILES string of the molecule is Cc1ccsc1C(=O)NCc1ccc2c(c1)OCCCO2. The van der Waals surface area contributed by atoms with Gasteiger partial charge in [-0.1, -0.05) is 6.07 Å². The zero-order valence-corrected chi connectivity index (χ0v) is 12.7. The second-order valence-corrected chi connectivity index (χ2v) is 5.86. The summed E-state index contributed by atoms with van der Waals surface area (Å²) in [4.78, 5) is 12.9. The number of benzene rings is 1. The fourth-order valence-corrected chi connectivity index (χ4v) is 3.03. The lowest BCUT2D eigenvalue weighted by atomic mass is 10.2. The van der Waals surface area contributed by atoms with Gasteiger partial charge >= 0.3 is 0 Å². The van der Waals surface area contributed by atoms with Crippen LogP contribution in [-0.4, -0.2) is 19.1 Å². The molecule has 1 aliphatic heterocycles. The molecule has 0 fully saturated rings. The maximum absolute atomic E-state index is 12.1. The van der Waals surface area contributed by atoms with Gasteiger partial charge in [0.1, 0.15) is 0 Å².